The standard InChI is InChI=1S/C18H25N3O2/c1-12-5-2-3-8-16(12)21-18(23)20-15-7-4-6-13(11-15)17(22)19-14-9-10-14/h4,6-7,11-12,14,16H,2-3,5,8-10H2,1H3,(H,19,22)(H2,20,21,23)/t12-,16+/m1/s1. The molecule has 0 aromatic heterocycles. The molecule has 2 atom stereocenters. The first-order chi connectivity index (χ1) is 11.1. The highest BCUT2D eigenvalue weighted by Crippen LogP contribution is 2.24. The number of rotatable bonds is 4. The van der Waals surface area contributed by atoms with Crippen LogP contribution in [-0.2, 0) is 0 Å². The van der Waals surface area contributed by atoms with Crippen LogP contribution in [0, 0.1) is 5.92 Å². The molecule has 124 valence electrons. The Balaban J connectivity index is 1.56. The molecular formula is C18H25N3O2. The minimum absolute atomic E-state index is 0.0718. The van der Waals surface area contributed by atoms with E-state index >= 15 is 0 Å². The summed E-state index contributed by atoms with van der Waals surface area (Å²) in [6, 6.07) is 7.47. The van der Waals surface area contributed by atoms with Crippen LogP contribution < -0.4 is 16.0 Å². The summed E-state index contributed by atoms with van der Waals surface area (Å²) < 4.78 is 0. The maximum absolute atomic E-state index is 12.2. The highest BCUT2D eigenvalue weighted by Gasteiger charge is 2.24. The van der Waals surface area contributed by atoms with E-state index in [1.54, 1.807) is 24.3 Å². The summed E-state index contributed by atoms with van der Waals surface area (Å²) in [5, 5.41) is 8.86. The van der Waals surface area contributed by atoms with Crippen molar-refractivity contribution in [2.24, 2.45) is 5.92 Å². The summed E-state index contributed by atoms with van der Waals surface area (Å²) in [4.78, 5) is 24.2. The highest BCUT2D eigenvalue weighted by molar-refractivity contribution is 5.97. The van der Waals surface area contributed by atoms with Crippen molar-refractivity contribution in [2.45, 2.75) is 57.5 Å². The number of amides is 3. The molecule has 0 unspecified atom stereocenters. The Labute approximate surface area is 137 Å². The molecule has 2 fully saturated rings. The number of urea groups is 1. The monoisotopic (exact) mass is 315 g/mol. The van der Waals surface area contributed by atoms with Gasteiger partial charge in [0.1, 0.15) is 0 Å². The smallest absolute Gasteiger partial charge is 0.319 e. The van der Waals surface area contributed by atoms with Crippen LogP contribution in [0.2, 0.25) is 0 Å². The molecular weight excluding hydrogens is 290 g/mol. The lowest BCUT2D eigenvalue weighted by Gasteiger charge is -2.29. The molecule has 0 heterocycles. The van der Waals surface area contributed by atoms with Crippen molar-refractivity contribution in [3.63, 3.8) is 0 Å². The number of carbonyl (C=O) groups is 2. The summed E-state index contributed by atoms with van der Waals surface area (Å²) in [6.07, 6.45) is 6.75. The first kappa shape index (κ1) is 15.8. The van der Waals surface area contributed by atoms with E-state index in [1.165, 1.54) is 19.3 Å². The average molecular weight is 315 g/mol. The van der Waals surface area contributed by atoms with Gasteiger partial charge in [0.25, 0.3) is 5.91 Å². The van der Waals surface area contributed by atoms with Gasteiger partial charge in [-0.25, -0.2) is 4.79 Å². The van der Waals surface area contributed by atoms with Gasteiger partial charge in [-0.05, 0) is 49.8 Å². The van der Waals surface area contributed by atoms with Crippen molar-refractivity contribution < 1.29 is 9.59 Å². The molecule has 0 aliphatic heterocycles. The zero-order chi connectivity index (χ0) is 16.2. The Morgan fingerprint density at radius 3 is 2.57 bits per heavy atom. The van der Waals surface area contributed by atoms with Crippen LogP contribution in [0.15, 0.2) is 24.3 Å². The molecule has 0 spiro atoms. The van der Waals surface area contributed by atoms with Gasteiger partial charge in [0, 0.05) is 23.3 Å². The molecule has 3 amide bonds. The molecule has 3 N–H and O–H groups in total. The summed E-state index contributed by atoms with van der Waals surface area (Å²) in [7, 11) is 0. The molecule has 2 aliphatic rings. The van der Waals surface area contributed by atoms with E-state index < -0.39 is 0 Å². The summed E-state index contributed by atoms with van der Waals surface area (Å²) in [5.74, 6) is 0.447. The van der Waals surface area contributed by atoms with Crippen LogP contribution in [0.4, 0.5) is 10.5 Å². The minimum Gasteiger partial charge on any atom is -0.349 e. The zero-order valence-electron chi connectivity index (χ0n) is 13.6. The number of carbonyl (C=O) groups excluding carboxylic acids is 2. The van der Waals surface area contributed by atoms with E-state index in [9.17, 15) is 9.59 Å². The van der Waals surface area contributed by atoms with Crippen LogP contribution in [0.25, 0.3) is 0 Å². The topological polar surface area (TPSA) is 70.2 Å². The van der Waals surface area contributed by atoms with Gasteiger partial charge < -0.3 is 16.0 Å². The van der Waals surface area contributed by atoms with E-state index in [1.807, 2.05) is 0 Å². The zero-order valence-corrected chi connectivity index (χ0v) is 13.6. The summed E-state index contributed by atoms with van der Waals surface area (Å²) in [5.41, 5.74) is 1.23. The molecule has 2 saturated carbocycles. The van der Waals surface area contributed by atoms with Crippen molar-refractivity contribution in [3.05, 3.63) is 29.8 Å². The maximum atomic E-state index is 12.2. The second kappa shape index (κ2) is 7.02. The van der Waals surface area contributed by atoms with E-state index in [2.05, 4.69) is 22.9 Å². The van der Waals surface area contributed by atoms with Crippen molar-refractivity contribution in [1.82, 2.24) is 10.6 Å². The fourth-order valence-electron chi connectivity index (χ4n) is 3.10. The van der Waals surface area contributed by atoms with E-state index in [4.69, 9.17) is 0 Å². The normalized spacial score (nSPS) is 23.9. The number of nitrogens with one attached hydrogen (secondary N) is 3. The molecule has 0 radical (unpaired) electrons. The van der Waals surface area contributed by atoms with Gasteiger partial charge in [-0.1, -0.05) is 25.8 Å². The van der Waals surface area contributed by atoms with E-state index in [-0.39, 0.29) is 18.0 Å². The Bertz CT molecular complexity index is 583. The number of hydrogen-bond acceptors (Lipinski definition) is 2. The summed E-state index contributed by atoms with van der Waals surface area (Å²) in [6.45, 7) is 2.19. The van der Waals surface area contributed by atoms with Gasteiger partial charge in [-0.2, -0.15) is 0 Å². The Kier molecular flexibility index (Phi) is 4.84. The second-order valence-corrected chi connectivity index (χ2v) is 6.80. The van der Waals surface area contributed by atoms with Crippen molar-refractivity contribution in [3.8, 4) is 0 Å². The molecule has 3 rings (SSSR count). The van der Waals surface area contributed by atoms with Gasteiger partial charge >= 0.3 is 6.03 Å². The quantitative estimate of drug-likeness (QED) is 0.798. The van der Waals surface area contributed by atoms with E-state index in [0.29, 0.717) is 23.2 Å². The van der Waals surface area contributed by atoms with Crippen LogP contribution in [0.3, 0.4) is 0 Å². The van der Waals surface area contributed by atoms with Crippen LogP contribution in [0.1, 0.15) is 55.8 Å². The van der Waals surface area contributed by atoms with Crippen molar-refractivity contribution in [2.75, 3.05) is 5.32 Å². The van der Waals surface area contributed by atoms with Gasteiger partial charge in [0.2, 0.25) is 0 Å². The average Bonchev–Trinajstić information content (AvgIpc) is 3.34. The fourth-order valence-corrected chi connectivity index (χ4v) is 3.10. The van der Waals surface area contributed by atoms with Crippen molar-refractivity contribution >= 4 is 17.6 Å². The highest BCUT2D eigenvalue weighted by atomic mass is 16.2. The number of hydrogen-bond donors (Lipinski definition) is 3. The van der Waals surface area contributed by atoms with E-state index in [0.717, 1.165) is 19.3 Å². The van der Waals surface area contributed by atoms with Crippen LogP contribution in [0.5, 0.6) is 0 Å². The lowest BCUT2D eigenvalue weighted by atomic mass is 9.86. The molecule has 0 bridgehead atoms. The summed E-state index contributed by atoms with van der Waals surface area (Å²) >= 11 is 0. The molecule has 5 heteroatoms. The third-order valence-corrected chi connectivity index (χ3v) is 4.72. The molecule has 1 aromatic rings. The van der Waals surface area contributed by atoms with Gasteiger partial charge in [-0.15, -0.1) is 0 Å². The molecule has 2 aliphatic carbocycles. The number of anilines is 1. The van der Waals surface area contributed by atoms with Gasteiger partial charge in [0.15, 0.2) is 0 Å². The lowest BCUT2D eigenvalue weighted by Crippen LogP contribution is -2.43. The second-order valence-electron chi connectivity index (χ2n) is 6.80. The first-order valence-electron chi connectivity index (χ1n) is 8.60. The largest absolute Gasteiger partial charge is 0.349 e. The third kappa shape index (κ3) is 4.47. The predicted molar refractivity (Wildman–Crippen MR) is 90.5 cm³/mol. The Hall–Kier alpha value is -2.04. The molecule has 5 nitrogen and oxygen atoms in total. The lowest BCUT2D eigenvalue weighted by molar-refractivity contribution is 0.0951. The van der Waals surface area contributed by atoms with Crippen molar-refractivity contribution in [1.29, 1.82) is 0 Å². The molecule has 23 heavy (non-hydrogen) atoms. The first-order valence-corrected chi connectivity index (χ1v) is 8.60. The van der Waals surface area contributed by atoms with Crippen LogP contribution >= 0.6 is 0 Å². The van der Waals surface area contributed by atoms with Gasteiger partial charge in [0.05, 0.1) is 0 Å². The van der Waals surface area contributed by atoms with Gasteiger partial charge in [-0.3, -0.25) is 4.79 Å². The molecule has 1 aromatic carbocycles. The maximum Gasteiger partial charge on any atom is 0.319 e. The number of benzene rings is 1. The molecule has 0 saturated heterocycles. The Morgan fingerprint density at radius 1 is 1.04 bits per heavy atom. The van der Waals surface area contributed by atoms with Crippen LogP contribution in [-0.4, -0.2) is 24.0 Å². The predicted octanol–water partition coefficient (Wildman–Crippen LogP) is 3.28. The minimum atomic E-state index is -0.191. The SMILES string of the molecule is C[C@@H]1CCCC[C@@H]1NC(=O)Nc1cccc(C(=O)NC2CC2)c1. The Morgan fingerprint density at radius 2 is 1.83 bits per heavy atom. The fraction of sp³-hybridized carbons (Fsp3) is 0.556. The third-order valence-electron chi connectivity index (χ3n) is 4.72.